The number of nitrogens with zero attached hydrogens (tertiary/aromatic N) is 1. The van der Waals surface area contributed by atoms with Gasteiger partial charge in [0, 0.05) is 16.8 Å². The van der Waals surface area contributed by atoms with E-state index in [0.717, 1.165) is 21.9 Å². The number of anilines is 1. The molecule has 0 unspecified atom stereocenters. The summed E-state index contributed by atoms with van der Waals surface area (Å²) in [5.74, 6) is -0.519. The van der Waals surface area contributed by atoms with Gasteiger partial charge < -0.3 is 5.32 Å². The first-order valence-corrected chi connectivity index (χ1v) is 9.89. The minimum absolute atomic E-state index is 0.194. The number of rotatable bonds is 5. The highest BCUT2D eigenvalue weighted by Crippen LogP contribution is 2.15. The highest BCUT2D eigenvalue weighted by molar-refractivity contribution is 6.04. The van der Waals surface area contributed by atoms with Crippen molar-refractivity contribution in [1.82, 2.24) is 5.43 Å². The highest BCUT2D eigenvalue weighted by atomic mass is 16.2. The zero-order chi connectivity index (χ0) is 21.6. The predicted molar refractivity (Wildman–Crippen MR) is 125 cm³/mol. The van der Waals surface area contributed by atoms with Crippen molar-refractivity contribution in [2.45, 2.75) is 6.92 Å². The van der Waals surface area contributed by atoms with Crippen molar-refractivity contribution in [2.24, 2.45) is 5.10 Å². The van der Waals surface area contributed by atoms with Gasteiger partial charge in [-0.3, -0.25) is 9.59 Å². The van der Waals surface area contributed by atoms with Gasteiger partial charge in [-0.1, -0.05) is 54.1 Å². The number of benzene rings is 4. The summed E-state index contributed by atoms with van der Waals surface area (Å²) in [5, 5.41) is 9.14. The lowest BCUT2D eigenvalue weighted by molar-refractivity contribution is 0.0954. The first kappa shape index (κ1) is 20.0. The van der Waals surface area contributed by atoms with Gasteiger partial charge in [0.15, 0.2) is 0 Å². The maximum atomic E-state index is 12.3. The Balaban J connectivity index is 1.36. The van der Waals surface area contributed by atoms with Gasteiger partial charge in [0.05, 0.1) is 6.21 Å². The molecule has 0 aliphatic rings. The smallest absolute Gasteiger partial charge is 0.271 e. The number of carbonyl (C=O) groups excluding carboxylic acids is 2. The third kappa shape index (κ3) is 5.03. The molecule has 0 aliphatic carbocycles. The van der Waals surface area contributed by atoms with E-state index in [0.29, 0.717) is 16.8 Å². The van der Waals surface area contributed by atoms with E-state index in [1.165, 1.54) is 0 Å². The molecule has 5 heteroatoms. The molecule has 0 heterocycles. The predicted octanol–water partition coefficient (Wildman–Crippen LogP) is 5.16. The van der Waals surface area contributed by atoms with Crippen LogP contribution in [0, 0.1) is 6.92 Å². The molecule has 0 atom stereocenters. The number of hydrogen-bond acceptors (Lipinski definition) is 3. The minimum Gasteiger partial charge on any atom is -0.322 e. The molecular weight excluding hydrogens is 386 g/mol. The van der Waals surface area contributed by atoms with E-state index in [9.17, 15) is 9.59 Å². The Morgan fingerprint density at radius 1 is 0.742 bits per heavy atom. The van der Waals surface area contributed by atoms with Gasteiger partial charge in [-0.25, -0.2) is 5.43 Å². The maximum Gasteiger partial charge on any atom is 0.271 e. The van der Waals surface area contributed by atoms with Crippen molar-refractivity contribution in [2.75, 3.05) is 5.32 Å². The normalized spacial score (nSPS) is 10.9. The molecule has 0 aliphatic heterocycles. The minimum atomic E-state index is -0.325. The van der Waals surface area contributed by atoms with Crippen LogP contribution in [0.25, 0.3) is 10.8 Å². The van der Waals surface area contributed by atoms with Crippen molar-refractivity contribution in [3.63, 3.8) is 0 Å². The molecule has 152 valence electrons. The average molecular weight is 407 g/mol. The molecule has 5 nitrogen and oxygen atoms in total. The van der Waals surface area contributed by atoms with Gasteiger partial charge in [0.1, 0.15) is 0 Å². The number of hydrogen-bond donors (Lipinski definition) is 2. The summed E-state index contributed by atoms with van der Waals surface area (Å²) in [6, 6.07) is 28.1. The van der Waals surface area contributed by atoms with E-state index in [2.05, 4.69) is 15.8 Å². The summed E-state index contributed by atoms with van der Waals surface area (Å²) in [6.07, 6.45) is 1.61. The first-order valence-electron chi connectivity index (χ1n) is 9.89. The monoisotopic (exact) mass is 407 g/mol. The molecule has 0 bridgehead atoms. The number of nitrogens with one attached hydrogen (secondary N) is 2. The fourth-order valence-corrected chi connectivity index (χ4v) is 3.21. The molecule has 0 fully saturated rings. The van der Waals surface area contributed by atoms with E-state index in [4.69, 9.17) is 0 Å². The van der Waals surface area contributed by atoms with Crippen LogP contribution in [0.3, 0.4) is 0 Å². The van der Waals surface area contributed by atoms with E-state index in [-0.39, 0.29) is 11.8 Å². The Bertz CT molecular complexity index is 1280. The van der Waals surface area contributed by atoms with Gasteiger partial charge >= 0.3 is 0 Å². The van der Waals surface area contributed by atoms with E-state index >= 15 is 0 Å². The Morgan fingerprint density at radius 3 is 2.29 bits per heavy atom. The van der Waals surface area contributed by atoms with E-state index in [1.54, 1.807) is 36.5 Å². The molecule has 4 aromatic carbocycles. The molecule has 0 radical (unpaired) electrons. The number of hydrazone groups is 1. The molecule has 0 aromatic heterocycles. The molecule has 4 rings (SSSR count). The highest BCUT2D eigenvalue weighted by Gasteiger charge is 2.08. The van der Waals surface area contributed by atoms with Crippen LogP contribution in [0.4, 0.5) is 5.69 Å². The topological polar surface area (TPSA) is 70.6 Å². The standard InChI is InChI=1S/C26H21N3O2/c1-18-5-4-8-23(15-18)25(30)28-24-13-11-21(12-14-24)26(31)29-27-17-19-9-10-20-6-2-3-7-22(20)16-19/h2-17H,1H3,(H,28,30)(H,29,31)/b27-17+. The molecule has 0 saturated carbocycles. The average Bonchev–Trinajstić information content (AvgIpc) is 2.79. The largest absolute Gasteiger partial charge is 0.322 e. The SMILES string of the molecule is Cc1cccc(C(=O)Nc2ccc(C(=O)N/N=C/c3ccc4ccccc4c3)cc2)c1. The van der Waals surface area contributed by atoms with Crippen LogP contribution in [-0.4, -0.2) is 18.0 Å². The lowest BCUT2D eigenvalue weighted by Gasteiger charge is -2.07. The molecule has 4 aromatic rings. The number of carbonyl (C=O) groups is 2. The second-order valence-corrected chi connectivity index (χ2v) is 7.21. The lowest BCUT2D eigenvalue weighted by atomic mass is 10.1. The molecule has 2 amide bonds. The molecule has 0 saturated heterocycles. The third-order valence-corrected chi connectivity index (χ3v) is 4.84. The van der Waals surface area contributed by atoms with Crippen LogP contribution in [0.1, 0.15) is 31.8 Å². The summed E-state index contributed by atoms with van der Waals surface area (Å²) in [4.78, 5) is 24.7. The van der Waals surface area contributed by atoms with Crippen LogP contribution in [0.5, 0.6) is 0 Å². The zero-order valence-corrected chi connectivity index (χ0v) is 17.0. The van der Waals surface area contributed by atoms with Crippen molar-refractivity contribution >= 4 is 34.5 Å². The first-order chi connectivity index (χ1) is 15.1. The van der Waals surface area contributed by atoms with Crippen molar-refractivity contribution < 1.29 is 9.59 Å². The fraction of sp³-hybridized carbons (Fsp3) is 0.0385. The van der Waals surface area contributed by atoms with Crippen molar-refractivity contribution in [3.05, 3.63) is 113 Å². The zero-order valence-electron chi connectivity index (χ0n) is 17.0. The van der Waals surface area contributed by atoms with Crippen LogP contribution < -0.4 is 10.7 Å². The second kappa shape index (κ2) is 9.05. The Labute approximate surface area is 180 Å². The summed E-state index contributed by atoms with van der Waals surface area (Å²) < 4.78 is 0. The van der Waals surface area contributed by atoms with Crippen molar-refractivity contribution in [3.8, 4) is 0 Å². The van der Waals surface area contributed by atoms with Gasteiger partial charge in [-0.05, 0) is 65.7 Å². The van der Waals surface area contributed by atoms with Gasteiger partial charge in [0.2, 0.25) is 0 Å². The van der Waals surface area contributed by atoms with E-state index in [1.807, 2.05) is 67.6 Å². The Kier molecular flexibility index (Phi) is 5.85. The molecule has 2 N–H and O–H groups in total. The fourth-order valence-electron chi connectivity index (χ4n) is 3.21. The Morgan fingerprint density at radius 2 is 1.52 bits per heavy atom. The summed E-state index contributed by atoms with van der Waals surface area (Å²) in [7, 11) is 0. The number of fused-ring (bicyclic) bond motifs is 1. The molecular formula is C26H21N3O2. The maximum absolute atomic E-state index is 12.3. The number of aryl methyl sites for hydroxylation is 1. The number of amides is 2. The summed E-state index contributed by atoms with van der Waals surface area (Å²) in [6.45, 7) is 1.94. The quantitative estimate of drug-likeness (QED) is 0.354. The van der Waals surface area contributed by atoms with Crippen molar-refractivity contribution in [1.29, 1.82) is 0 Å². The molecule has 31 heavy (non-hydrogen) atoms. The third-order valence-electron chi connectivity index (χ3n) is 4.84. The lowest BCUT2D eigenvalue weighted by Crippen LogP contribution is -2.17. The van der Waals surface area contributed by atoms with Crippen LogP contribution in [0.2, 0.25) is 0 Å². The summed E-state index contributed by atoms with van der Waals surface area (Å²) in [5.41, 5.74) is 6.09. The van der Waals surface area contributed by atoms with Gasteiger partial charge in [0.25, 0.3) is 11.8 Å². The second-order valence-electron chi connectivity index (χ2n) is 7.21. The molecule has 0 spiro atoms. The van der Waals surface area contributed by atoms with Crippen LogP contribution in [-0.2, 0) is 0 Å². The van der Waals surface area contributed by atoms with Gasteiger partial charge in [-0.2, -0.15) is 5.10 Å². The Hall–Kier alpha value is -4.25. The summed E-state index contributed by atoms with van der Waals surface area (Å²) >= 11 is 0. The van der Waals surface area contributed by atoms with Crippen LogP contribution in [0.15, 0.2) is 96.1 Å². The van der Waals surface area contributed by atoms with Crippen LogP contribution >= 0.6 is 0 Å². The van der Waals surface area contributed by atoms with E-state index < -0.39 is 0 Å². The van der Waals surface area contributed by atoms with Gasteiger partial charge in [-0.15, -0.1) is 0 Å².